The number of aryl methyl sites for hydroxylation is 2. The minimum Gasteiger partial charge on any atom is -0.317 e. The highest BCUT2D eigenvalue weighted by Gasteiger charge is 2.23. The number of ketones is 1. The van der Waals surface area contributed by atoms with E-state index in [9.17, 15) is 4.79 Å². The molecule has 0 saturated carbocycles. The van der Waals surface area contributed by atoms with E-state index in [0.29, 0.717) is 21.4 Å². The molecule has 1 aromatic carbocycles. The molecule has 0 spiro atoms. The minimum absolute atomic E-state index is 0.0972. The number of hydrogen-bond donors (Lipinski definition) is 1. The van der Waals surface area contributed by atoms with Gasteiger partial charge in [0.2, 0.25) is 11.6 Å². The third-order valence-corrected chi connectivity index (χ3v) is 5.10. The maximum atomic E-state index is 12.9. The van der Waals surface area contributed by atoms with E-state index in [1.54, 1.807) is 0 Å². The molecule has 0 amide bonds. The summed E-state index contributed by atoms with van der Waals surface area (Å²) in [6, 6.07) is 5.75. The Balaban J connectivity index is 1.66. The molecule has 0 radical (unpaired) electrons. The van der Waals surface area contributed by atoms with Crippen molar-refractivity contribution < 1.29 is 9.78 Å². The molecule has 1 aliphatic heterocycles. The fourth-order valence-electron chi connectivity index (χ4n) is 2.82. The summed E-state index contributed by atoms with van der Waals surface area (Å²) in [7, 11) is 0. The van der Waals surface area contributed by atoms with Crippen LogP contribution in [0.25, 0.3) is 0 Å². The number of nitrogens with zero attached hydrogens (tertiary/aromatic N) is 3. The molecule has 3 N–H and O–H groups in total. The van der Waals surface area contributed by atoms with Crippen LogP contribution in [-0.4, -0.2) is 23.5 Å². The second-order valence-electron chi connectivity index (χ2n) is 6.08. The number of H-pyrrole nitrogens is 1. The van der Waals surface area contributed by atoms with E-state index < -0.39 is 0 Å². The lowest BCUT2D eigenvalue weighted by molar-refractivity contribution is -0.338. The Morgan fingerprint density at radius 1 is 1.27 bits per heavy atom. The van der Waals surface area contributed by atoms with Crippen LogP contribution in [0.5, 0.6) is 0 Å². The highest BCUT2D eigenvalue weighted by atomic mass is 32.1. The van der Waals surface area contributed by atoms with Crippen molar-refractivity contribution in [2.24, 2.45) is 15.0 Å². The van der Waals surface area contributed by atoms with Crippen LogP contribution in [0.1, 0.15) is 26.4 Å². The first-order valence-electron chi connectivity index (χ1n) is 8.04. The first-order chi connectivity index (χ1) is 12.5. The number of carbonyl (C=O) groups excluding carboxylic acids is 1. The Bertz CT molecular complexity index is 1090. The number of benzene rings is 1. The van der Waals surface area contributed by atoms with Gasteiger partial charge in [-0.25, -0.2) is 15.0 Å². The van der Waals surface area contributed by atoms with Gasteiger partial charge in [0.25, 0.3) is 0 Å². The summed E-state index contributed by atoms with van der Waals surface area (Å²) in [5.74, 6) is 0.230. The average molecular weight is 362 g/mol. The number of allylic oxidation sites excluding steroid dienone is 3. The van der Waals surface area contributed by atoms with Crippen LogP contribution in [0.15, 0.2) is 57.1 Å². The second-order valence-corrected chi connectivity index (χ2v) is 7.08. The van der Waals surface area contributed by atoms with E-state index in [1.807, 2.05) is 50.3 Å². The fourth-order valence-corrected chi connectivity index (χ4v) is 3.69. The van der Waals surface area contributed by atoms with E-state index in [1.165, 1.54) is 17.7 Å². The molecule has 26 heavy (non-hydrogen) atoms. The van der Waals surface area contributed by atoms with E-state index >= 15 is 0 Å². The number of aliphatic imine (C=N–C) groups is 3. The van der Waals surface area contributed by atoms with Crippen molar-refractivity contribution in [1.82, 2.24) is 0 Å². The molecule has 128 valence electrons. The summed E-state index contributed by atoms with van der Waals surface area (Å²) in [6.07, 6.45) is 7.08. The summed E-state index contributed by atoms with van der Waals surface area (Å²) in [5.41, 5.74) is 11.1. The predicted molar refractivity (Wildman–Crippen MR) is 105 cm³/mol. The Hall–Kier alpha value is -3.19. The van der Waals surface area contributed by atoms with E-state index in [4.69, 9.17) is 5.73 Å². The lowest BCUT2D eigenvalue weighted by atomic mass is 10.0. The van der Waals surface area contributed by atoms with Crippen molar-refractivity contribution in [3.8, 4) is 0 Å². The molecule has 4 rings (SSSR count). The number of carbonyl (C=O) groups is 1. The first kappa shape index (κ1) is 16.3. The van der Waals surface area contributed by atoms with Crippen molar-refractivity contribution in [3.05, 3.63) is 63.7 Å². The maximum absolute atomic E-state index is 12.9. The van der Waals surface area contributed by atoms with E-state index in [-0.39, 0.29) is 5.78 Å². The van der Waals surface area contributed by atoms with Gasteiger partial charge in [0.1, 0.15) is 12.1 Å². The Morgan fingerprint density at radius 3 is 2.92 bits per heavy atom. The van der Waals surface area contributed by atoms with Gasteiger partial charge in [0.05, 0.1) is 11.4 Å². The van der Waals surface area contributed by atoms with Gasteiger partial charge < -0.3 is 5.73 Å². The quantitative estimate of drug-likeness (QED) is 0.671. The number of hydrogen-bond acceptors (Lipinski definition) is 6. The monoisotopic (exact) mass is 362 g/mol. The number of thiazole rings is 1. The van der Waals surface area contributed by atoms with Crippen LogP contribution in [0.3, 0.4) is 0 Å². The Morgan fingerprint density at radius 2 is 2.12 bits per heavy atom. The molecule has 6 nitrogen and oxygen atoms in total. The van der Waals surface area contributed by atoms with Crippen LogP contribution in [0.4, 0.5) is 10.9 Å². The van der Waals surface area contributed by atoms with Crippen molar-refractivity contribution >= 4 is 45.8 Å². The molecule has 0 unspecified atom stereocenters. The molecule has 2 aliphatic rings. The Labute approximate surface area is 154 Å². The third-order valence-electron chi connectivity index (χ3n) is 4.10. The first-order valence-corrected chi connectivity index (χ1v) is 8.85. The highest BCUT2D eigenvalue weighted by Crippen LogP contribution is 2.28. The van der Waals surface area contributed by atoms with Gasteiger partial charge in [-0.2, -0.15) is 0 Å². The van der Waals surface area contributed by atoms with Gasteiger partial charge in [-0.3, -0.25) is 4.79 Å². The average Bonchev–Trinajstić information content (AvgIpc) is 3.20. The second kappa shape index (κ2) is 6.27. The lowest BCUT2D eigenvalue weighted by Crippen LogP contribution is -2.11. The lowest BCUT2D eigenvalue weighted by Gasteiger charge is -2.03. The van der Waals surface area contributed by atoms with Gasteiger partial charge in [-0.1, -0.05) is 40.1 Å². The summed E-state index contributed by atoms with van der Waals surface area (Å²) >= 11 is 1.24. The predicted octanol–water partition coefficient (Wildman–Crippen LogP) is 3.00. The zero-order chi connectivity index (χ0) is 18.3. The van der Waals surface area contributed by atoms with Gasteiger partial charge in [-0.15, -0.1) is 0 Å². The SMILES string of the molecule is Cc1ccc(C(=O)c2sc(/N=C3\C=CC4=NC=NC4=C3)[nH+]c2N)c(C)c1. The van der Waals surface area contributed by atoms with Gasteiger partial charge >= 0.3 is 5.13 Å². The van der Waals surface area contributed by atoms with E-state index in [2.05, 4.69) is 20.0 Å². The van der Waals surface area contributed by atoms with Gasteiger partial charge in [-0.05, 0) is 31.6 Å². The van der Waals surface area contributed by atoms with Crippen LogP contribution >= 0.6 is 11.3 Å². The summed E-state index contributed by atoms with van der Waals surface area (Å²) in [4.78, 5) is 29.1. The topological polar surface area (TPSA) is 94.3 Å². The smallest absolute Gasteiger partial charge is 0.317 e. The van der Waals surface area contributed by atoms with Crippen molar-refractivity contribution in [2.45, 2.75) is 13.8 Å². The number of aromatic amines is 1. The zero-order valence-electron chi connectivity index (χ0n) is 14.3. The molecular formula is C19H16N5OS+. The minimum atomic E-state index is -0.0972. The molecular weight excluding hydrogens is 346 g/mol. The van der Waals surface area contributed by atoms with Crippen molar-refractivity contribution in [1.29, 1.82) is 0 Å². The van der Waals surface area contributed by atoms with Crippen LogP contribution in [0.2, 0.25) is 0 Å². The van der Waals surface area contributed by atoms with Crippen molar-refractivity contribution in [2.75, 3.05) is 5.73 Å². The Kier molecular flexibility index (Phi) is 3.93. The molecule has 0 bridgehead atoms. The number of anilines is 1. The molecule has 1 aliphatic carbocycles. The van der Waals surface area contributed by atoms with Crippen LogP contribution in [0, 0.1) is 13.8 Å². The number of fused-ring (bicyclic) bond motifs is 1. The largest absolute Gasteiger partial charge is 0.320 e. The molecule has 0 fully saturated rings. The normalized spacial score (nSPS) is 16.6. The molecule has 2 heterocycles. The number of rotatable bonds is 3. The molecule has 1 aromatic heterocycles. The van der Waals surface area contributed by atoms with Gasteiger partial charge in [0.15, 0.2) is 4.88 Å². The summed E-state index contributed by atoms with van der Waals surface area (Å²) < 4.78 is 0. The maximum Gasteiger partial charge on any atom is 0.320 e. The molecule has 0 atom stereocenters. The third kappa shape index (κ3) is 2.93. The highest BCUT2D eigenvalue weighted by molar-refractivity contribution is 7.17. The van der Waals surface area contributed by atoms with Crippen molar-refractivity contribution in [3.63, 3.8) is 0 Å². The number of nitrogen functional groups attached to an aromatic ring is 1. The molecule has 7 heteroatoms. The number of nitrogens with two attached hydrogens (primary N) is 1. The standard InChI is InChI=1S/C19H15N5OS/c1-10-3-5-13(11(2)7-10)16(25)17-18(20)24-19(26-17)23-12-4-6-14-15(8-12)22-9-21-14/h3-9H,20H2,1-2H3/p+1/b23-12+. The fraction of sp³-hybridized carbons (Fsp3) is 0.105. The number of aromatic nitrogens is 1. The van der Waals surface area contributed by atoms with Crippen LogP contribution < -0.4 is 10.7 Å². The molecule has 2 aromatic rings. The summed E-state index contributed by atoms with van der Waals surface area (Å²) in [5, 5.41) is 0.564. The van der Waals surface area contributed by atoms with Crippen LogP contribution in [-0.2, 0) is 0 Å². The summed E-state index contributed by atoms with van der Waals surface area (Å²) in [6.45, 7) is 3.93. The number of nitrogens with one attached hydrogen (secondary N) is 1. The zero-order valence-corrected chi connectivity index (χ0v) is 15.1. The molecule has 0 saturated heterocycles. The van der Waals surface area contributed by atoms with E-state index in [0.717, 1.165) is 28.2 Å². The van der Waals surface area contributed by atoms with Gasteiger partial charge in [0, 0.05) is 11.6 Å².